The summed E-state index contributed by atoms with van der Waals surface area (Å²) in [6.45, 7) is 4.15. The van der Waals surface area contributed by atoms with Gasteiger partial charge in [-0.25, -0.2) is 4.79 Å². The molecule has 1 aromatic carbocycles. The molecule has 5 heteroatoms. The zero-order valence-corrected chi connectivity index (χ0v) is 12.7. The molecule has 0 radical (unpaired) electrons. The average molecular weight is 293 g/mol. The van der Waals surface area contributed by atoms with E-state index in [0.29, 0.717) is 4.88 Å². The van der Waals surface area contributed by atoms with E-state index in [2.05, 4.69) is 36.8 Å². The third-order valence-corrected chi connectivity index (χ3v) is 4.53. The fraction of sp³-hybridized carbons (Fsp3) is 0.214. The van der Waals surface area contributed by atoms with Crippen LogP contribution in [0.5, 0.6) is 0 Å². The predicted molar refractivity (Wildman–Crippen MR) is 81.1 cm³/mol. The molecule has 1 aromatic heterocycles. The SMILES string of the molecule is COC(=O)c1sccc1NSc1ccc(C)cc1C. The van der Waals surface area contributed by atoms with Gasteiger partial charge in [-0.1, -0.05) is 17.7 Å². The van der Waals surface area contributed by atoms with Crippen molar-refractivity contribution < 1.29 is 9.53 Å². The van der Waals surface area contributed by atoms with Gasteiger partial charge in [0, 0.05) is 4.90 Å². The second kappa shape index (κ2) is 6.12. The number of nitrogens with one attached hydrogen (secondary N) is 1. The number of aryl methyl sites for hydroxylation is 2. The molecular formula is C14H15NO2S2. The maximum absolute atomic E-state index is 11.6. The number of benzene rings is 1. The van der Waals surface area contributed by atoms with Crippen LogP contribution in [0.3, 0.4) is 0 Å². The van der Waals surface area contributed by atoms with Gasteiger partial charge in [0.25, 0.3) is 0 Å². The molecule has 0 aliphatic carbocycles. The molecular weight excluding hydrogens is 278 g/mol. The summed E-state index contributed by atoms with van der Waals surface area (Å²) in [5, 5.41) is 1.87. The van der Waals surface area contributed by atoms with Crippen LogP contribution in [-0.2, 0) is 4.74 Å². The lowest BCUT2D eigenvalue weighted by molar-refractivity contribution is 0.0607. The third-order valence-electron chi connectivity index (χ3n) is 2.64. The first kappa shape index (κ1) is 14.0. The Bertz CT molecular complexity index is 593. The molecule has 0 unspecified atom stereocenters. The van der Waals surface area contributed by atoms with Crippen LogP contribution < -0.4 is 4.72 Å². The van der Waals surface area contributed by atoms with E-state index in [4.69, 9.17) is 4.74 Å². The van der Waals surface area contributed by atoms with Crippen LogP contribution in [0.25, 0.3) is 0 Å². The first-order valence-corrected chi connectivity index (χ1v) is 7.47. The van der Waals surface area contributed by atoms with Gasteiger partial charge in [-0.3, -0.25) is 0 Å². The fourth-order valence-corrected chi connectivity index (χ4v) is 3.24. The zero-order valence-electron chi connectivity index (χ0n) is 11.0. The molecule has 0 atom stereocenters. The van der Waals surface area contributed by atoms with E-state index in [9.17, 15) is 4.79 Å². The highest BCUT2D eigenvalue weighted by molar-refractivity contribution is 8.00. The number of carbonyl (C=O) groups excluding carboxylic acids is 1. The normalized spacial score (nSPS) is 10.3. The molecule has 2 aromatic rings. The lowest BCUT2D eigenvalue weighted by atomic mass is 10.2. The molecule has 3 nitrogen and oxygen atoms in total. The van der Waals surface area contributed by atoms with Crippen molar-refractivity contribution in [1.29, 1.82) is 0 Å². The summed E-state index contributed by atoms with van der Waals surface area (Å²) in [7, 11) is 1.39. The number of hydrogen-bond acceptors (Lipinski definition) is 5. The summed E-state index contributed by atoms with van der Waals surface area (Å²) in [5.74, 6) is -0.307. The van der Waals surface area contributed by atoms with Crippen molar-refractivity contribution >= 4 is 34.9 Å². The van der Waals surface area contributed by atoms with Crippen molar-refractivity contribution in [2.24, 2.45) is 0 Å². The Balaban J connectivity index is 2.10. The molecule has 0 aliphatic heterocycles. The highest BCUT2D eigenvalue weighted by Gasteiger charge is 2.13. The van der Waals surface area contributed by atoms with E-state index >= 15 is 0 Å². The summed E-state index contributed by atoms with van der Waals surface area (Å²) < 4.78 is 7.96. The van der Waals surface area contributed by atoms with Crippen LogP contribution in [0.15, 0.2) is 34.5 Å². The lowest BCUT2D eigenvalue weighted by Crippen LogP contribution is -2.01. The third kappa shape index (κ3) is 3.30. The van der Waals surface area contributed by atoms with E-state index in [1.807, 2.05) is 11.4 Å². The van der Waals surface area contributed by atoms with Gasteiger partial charge in [-0.15, -0.1) is 11.3 Å². The smallest absolute Gasteiger partial charge is 0.350 e. The van der Waals surface area contributed by atoms with Gasteiger partial charge >= 0.3 is 5.97 Å². The molecule has 0 aliphatic rings. The molecule has 100 valence electrons. The van der Waals surface area contributed by atoms with Gasteiger partial charge < -0.3 is 9.46 Å². The summed E-state index contributed by atoms with van der Waals surface area (Å²) in [5.41, 5.74) is 3.25. The summed E-state index contributed by atoms with van der Waals surface area (Å²) in [4.78, 5) is 13.3. The largest absolute Gasteiger partial charge is 0.465 e. The highest BCUT2D eigenvalue weighted by atomic mass is 32.2. The molecule has 0 amide bonds. The maximum atomic E-state index is 11.6. The van der Waals surface area contributed by atoms with E-state index in [0.717, 1.165) is 10.6 Å². The number of rotatable bonds is 4. The van der Waals surface area contributed by atoms with E-state index in [1.165, 1.54) is 41.5 Å². The number of ether oxygens (including phenoxy) is 1. The van der Waals surface area contributed by atoms with E-state index in [1.54, 1.807) is 0 Å². The maximum Gasteiger partial charge on any atom is 0.350 e. The van der Waals surface area contributed by atoms with Gasteiger partial charge in [0.1, 0.15) is 4.88 Å². The minimum Gasteiger partial charge on any atom is -0.465 e. The zero-order chi connectivity index (χ0) is 13.8. The Hall–Kier alpha value is -1.46. The van der Waals surface area contributed by atoms with Crippen molar-refractivity contribution in [3.05, 3.63) is 45.6 Å². The van der Waals surface area contributed by atoms with Crippen LogP contribution in [-0.4, -0.2) is 13.1 Å². The summed E-state index contributed by atoms with van der Waals surface area (Å²) in [6, 6.07) is 8.17. The molecule has 0 fully saturated rings. The summed E-state index contributed by atoms with van der Waals surface area (Å²) in [6.07, 6.45) is 0. The number of methoxy groups -OCH3 is 1. The first-order valence-electron chi connectivity index (χ1n) is 5.77. The second-order valence-corrected chi connectivity index (χ2v) is 5.89. The number of carbonyl (C=O) groups is 1. The van der Waals surface area contributed by atoms with Crippen molar-refractivity contribution in [2.45, 2.75) is 18.7 Å². The van der Waals surface area contributed by atoms with E-state index in [-0.39, 0.29) is 5.97 Å². The van der Waals surface area contributed by atoms with Crippen molar-refractivity contribution in [2.75, 3.05) is 11.8 Å². The number of esters is 1. The average Bonchev–Trinajstić information content (AvgIpc) is 2.85. The topological polar surface area (TPSA) is 38.3 Å². The Labute approximate surface area is 121 Å². The van der Waals surface area contributed by atoms with Gasteiger partial charge in [-0.2, -0.15) is 0 Å². The van der Waals surface area contributed by atoms with Gasteiger partial charge in [0.15, 0.2) is 0 Å². The number of hydrogen-bond donors (Lipinski definition) is 1. The van der Waals surface area contributed by atoms with Crippen molar-refractivity contribution in [1.82, 2.24) is 0 Å². The fourth-order valence-electron chi connectivity index (χ4n) is 1.66. The Morgan fingerprint density at radius 1 is 1.32 bits per heavy atom. The van der Waals surface area contributed by atoms with Crippen LogP contribution in [0.2, 0.25) is 0 Å². The van der Waals surface area contributed by atoms with Crippen molar-refractivity contribution in [3.63, 3.8) is 0 Å². The standard InChI is InChI=1S/C14H15NO2S2/c1-9-4-5-12(10(2)8-9)19-15-11-6-7-18-13(11)14(16)17-3/h4-8,15H,1-3H3. The van der Waals surface area contributed by atoms with Crippen LogP contribution in [0.4, 0.5) is 5.69 Å². The molecule has 1 heterocycles. The van der Waals surface area contributed by atoms with Gasteiger partial charge in [0.2, 0.25) is 0 Å². The Kier molecular flexibility index (Phi) is 4.50. The predicted octanol–water partition coefficient (Wildman–Crippen LogP) is 4.27. The van der Waals surface area contributed by atoms with Gasteiger partial charge in [0.05, 0.1) is 12.8 Å². The van der Waals surface area contributed by atoms with Gasteiger partial charge in [-0.05, 0) is 48.9 Å². The quantitative estimate of drug-likeness (QED) is 0.675. The Morgan fingerprint density at radius 3 is 2.79 bits per heavy atom. The molecule has 0 saturated carbocycles. The monoisotopic (exact) mass is 293 g/mol. The number of anilines is 1. The first-order chi connectivity index (χ1) is 9.11. The molecule has 0 saturated heterocycles. The van der Waals surface area contributed by atoms with Crippen LogP contribution >= 0.6 is 23.3 Å². The highest BCUT2D eigenvalue weighted by Crippen LogP contribution is 2.29. The lowest BCUT2D eigenvalue weighted by Gasteiger charge is -2.08. The van der Waals surface area contributed by atoms with E-state index < -0.39 is 0 Å². The number of thiophene rings is 1. The Morgan fingerprint density at radius 2 is 2.11 bits per heavy atom. The second-order valence-electron chi connectivity index (χ2n) is 4.13. The summed E-state index contributed by atoms with van der Waals surface area (Å²) >= 11 is 2.88. The minimum absolute atomic E-state index is 0.307. The molecule has 0 spiro atoms. The van der Waals surface area contributed by atoms with Crippen LogP contribution in [0.1, 0.15) is 20.8 Å². The van der Waals surface area contributed by atoms with Crippen molar-refractivity contribution in [3.8, 4) is 0 Å². The van der Waals surface area contributed by atoms with Crippen LogP contribution in [0, 0.1) is 13.8 Å². The molecule has 0 bridgehead atoms. The molecule has 2 rings (SSSR count). The molecule has 1 N–H and O–H groups in total. The minimum atomic E-state index is -0.307. The molecule has 19 heavy (non-hydrogen) atoms.